The number of fused-ring (bicyclic) bond motifs is 2. The molecule has 0 heterocycles. The molecule has 3 atom stereocenters. The fourth-order valence-electron chi connectivity index (χ4n) is 3.67. The van der Waals surface area contributed by atoms with Crippen LogP contribution in [0.1, 0.15) is 36.8 Å². The van der Waals surface area contributed by atoms with Crippen molar-refractivity contribution in [1.82, 2.24) is 0 Å². The molecule has 2 N–H and O–H groups in total. The first-order valence-corrected chi connectivity index (χ1v) is 7.22. The Kier molecular flexibility index (Phi) is 3.29. The van der Waals surface area contributed by atoms with Gasteiger partial charge in [-0.2, -0.15) is 0 Å². The fourth-order valence-corrected chi connectivity index (χ4v) is 3.67. The summed E-state index contributed by atoms with van der Waals surface area (Å²) in [6.07, 6.45) is 6.82. The highest BCUT2D eigenvalue weighted by molar-refractivity contribution is 5.37. The van der Waals surface area contributed by atoms with E-state index in [4.69, 9.17) is 10.5 Å². The zero-order chi connectivity index (χ0) is 12.5. The summed E-state index contributed by atoms with van der Waals surface area (Å²) in [5.74, 6) is 2.81. The summed E-state index contributed by atoms with van der Waals surface area (Å²) in [4.78, 5) is 0. The highest BCUT2D eigenvalue weighted by Gasteiger charge is 2.41. The molecule has 98 valence electrons. The van der Waals surface area contributed by atoms with Crippen LogP contribution in [0.25, 0.3) is 0 Å². The van der Waals surface area contributed by atoms with Gasteiger partial charge in [-0.25, -0.2) is 0 Å². The normalized spacial score (nSPS) is 29.8. The lowest BCUT2D eigenvalue weighted by atomic mass is 9.97. The topological polar surface area (TPSA) is 35.2 Å². The SMILES string of the molecule is Cc1ccc(OC2CC3CCC2C3)c(CCN)c1. The van der Waals surface area contributed by atoms with E-state index in [1.807, 2.05) is 0 Å². The van der Waals surface area contributed by atoms with Crippen molar-refractivity contribution >= 4 is 0 Å². The maximum absolute atomic E-state index is 6.29. The van der Waals surface area contributed by atoms with Crippen LogP contribution in [0.2, 0.25) is 0 Å². The number of hydrogen-bond donors (Lipinski definition) is 1. The van der Waals surface area contributed by atoms with Crippen LogP contribution in [-0.4, -0.2) is 12.6 Å². The van der Waals surface area contributed by atoms with Crippen LogP contribution < -0.4 is 10.5 Å². The minimum Gasteiger partial charge on any atom is -0.490 e. The van der Waals surface area contributed by atoms with Gasteiger partial charge < -0.3 is 10.5 Å². The van der Waals surface area contributed by atoms with Crippen molar-refractivity contribution in [2.45, 2.75) is 45.1 Å². The van der Waals surface area contributed by atoms with Gasteiger partial charge in [0.15, 0.2) is 0 Å². The lowest BCUT2D eigenvalue weighted by Gasteiger charge is -2.24. The van der Waals surface area contributed by atoms with Crippen molar-refractivity contribution in [2.24, 2.45) is 17.6 Å². The van der Waals surface area contributed by atoms with Crippen molar-refractivity contribution in [3.63, 3.8) is 0 Å². The van der Waals surface area contributed by atoms with Crippen LogP contribution in [0.15, 0.2) is 18.2 Å². The minimum atomic E-state index is 0.461. The molecule has 2 bridgehead atoms. The van der Waals surface area contributed by atoms with Gasteiger partial charge in [-0.3, -0.25) is 0 Å². The molecular weight excluding hydrogens is 222 g/mol. The van der Waals surface area contributed by atoms with E-state index in [2.05, 4.69) is 25.1 Å². The predicted molar refractivity (Wildman–Crippen MR) is 73.8 cm³/mol. The van der Waals surface area contributed by atoms with Gasteiger partial charge in [0, 0.05) is 0 Å². The van der Waals surface area contributed by atoms with Crippen molar-refractivity contribution in [3.05, 3.63) is 29.3 Å². The van der Waals surface area contributed by atoms with E-state index >= 15 is 0 Å². The lowest BCUT2D eigenvalue weighted by molar-refractivity contribution is 0.137. The fraction of sp³-hybridized carbons (Fsp3) is 0.625. The van der Waals surface area contributed by atoms with Gasteiger partial charge in [0.25, 0.3) is 0 Å². The average molecular weight is 245 g/mol. The molecule has 1 aromatic rings. The predicted octanol–water partition coefficient (Wildman–Crippen LogP) is 3.06. The van der Waals surface area contributed by atoms with Crippen LogP contribution >= 0.6 is 0 Å². The highest BCUT2D eigenvalue weighted by atomic mass is 16.5. The second-order valence-electron chi connectivity index (χ2n) is 5.98. The number of nitrogens with two attached hydrogens (primary N) is 1. The highest BCUT2D eigenvalue weighted by Crippen LogP contribution is 2.46. The average Bonchev–Trinajstić information content (AvgIpc) is 2.95. The number of aryl methyl sites for hydroxylation is 1. The second-order valence-corrected chi connectivity index (χ2v) is 5.98. The Labute approximate surface area is 110 Å². The molecular formula is C16H23NO. The lowest BCUT2D eigenvalue weighted by Crippen LogP contribution is -2.24. The molecule has 0 amide bonds. The van der Waals surface area contributed by atoms with Crippen LogP contribution in [0, 0.1) is 18.8 Å². The summed E-state index contributed by atoms with van der Waals surface area (Å²) in [6, 6.07) is 6.49. The van der Waals surface area contributed by atoms with Crippen molar-refractivity contribution in [2.75, 3.05) is 6.54 Å². The van der Waals surface area contributed by atoms with Crippen molar-refractivity contribution in [3.8, 4) is 5.75 Å². The van der Waals surface area contributed by atoms with Crippen LogP contribution in [-0.2, 0) is 6.42 Å². The number of benzene rings is 1. The van der Waals surface area contributed by atoms with Gasteiger partial charge in [0.05, 0.1) is 0 Å². The van der Waals surface area contributed by atoms with Gasteiger partial charge in [-0.15, -0.1) is 0 Å². The minimum absolute atomic E-state index is 0.461. The molecule has 2 fully saturated rings. The Morgan fingerprint density at radius 1 is 1.28 bits per heavy atom. The Bertz CT molecular complexity index is 429. The molecule has 3 unspecified atom stereocenters. The van der Waals surface area contributed by atoms with Gasteiger partial charge in [0.1, 0.15) is 11.9 Å². The van der Waals surface area contributed by atoms with E-state index < -0.39 is 0 Å². The second kappa shape index (κ2) is 4.93. The van der Waals surface area contributed by atoms with E-state index in [-0.39, 0.29) is 0 Å². The summed E-state index contributed by atoms with van der Waals surface area (Å²) in [6.45, 7) is 2.82. The van der Waals surface area contributed by atoms with Gasteiger partial charge in [-0.1, -0.05) is 17.7 Å². The van der Waals surface area contributed by atoms with Gasteiger partial charge in [-0.05, 0) is 69.0 Å². The summed E-state index contributed by atoms with van der Waals surface area (Å²) in [5, 5.41) is 0. The summed E-state index contributed by atoms with van der Waals surface area (Å²) in [5.41, 5.74) is 8.26. The smallest absolute Gasteiger partial charge is 0.122 e. The Morgan fingerprint density at radius 3 is 2.83 bits per heavy atom. The molecule has 2 aliphatic carbocycles. The van der Waals surface area contributed by atoms with E-state index in [9.17, 15) is 0 Å². The first kappa shape index (κ1) is 12.0. The van der Waals surface area contributed by atoms with E-state index in [0.717, 1.165) is 24.0 Å². The largest absolute Gasteiger partial charge is 0.490 e. The van der Waals surface area contributed by atoms with E-state index in [1.54, 1.807) is 0 Å². The van der Waals surface area contributed by atoms with Crippen LogP contribution in [0.3, 0.4) is 0 Å². The van der Waals surface area contributed by atoms with Crippen LogP contribution in [0.4, 0.5) is 0 Å². The third-order valence-corrected chi connectivity index (χ3v) is 4.58. The molecule has 0 aromatic heterocycles. The first-order chi connectivity index (χ1) is 8.76. The molecule has 3 rings (SSSR count). The molecule has 18 heavy (non-hydrogen) atoms. The monoisotopic (exact) mass is 245 g/mol. The third kappa shape index (κ3) is 2.26. The zero-order valence-electron chi connectivity index (χ0n) is 11.2. The summed E-state index contributed by atoms with van der Waals surface area (Å²) < 4.78 is 6.29. The molecule has 0 spiro atoms. The van der Waals surface area contributed by atoms with Crippen molar-refractivity contribution in [1.29, 1.82) is 0 Å². The Balaban J connectivity index is 1.75. The maximum atomic E-state index is 6.29. The number of ether oxygens (including phenoxy) is 1. The standard InChI is InChI=1S/C16H23NO/c1-11-2-5-15(14(8-11)6-7-17)18-16-10-12-3-4-13(16)9-12/h2,5,8,12-13,16H,3-4,6-7,9-10,17H2,1H3. The Morgan fingerprint density at radius 2 is 2.17 bits per heavy atom. The van der Waals surface area contributed by atoms with Crippen molar-refractivity contribution < 1.29 is 4.74 Å². The molecule has 2 nitrogen and oxygen atoms in total. The summed E-state index contributed by atoms with van der Waals surface area (Å²) in [7, 11) is 0. The summed E-state index contributed by atoms with van der Waals surface area (Å²) >= 11 is 0. The van der Waals surface area contributed by atoms with E-state index in [0.29, 0.717) is 12.6 Å². The first-order valence-electron chi connectivity index (χ1n) is 7.22. The molecule has 2 aliphatic rings. The molecule has 2 heteroatoms. The number of hydrogen-bond acceptors (Lipinski definition) is 2. The van der Waals surface area contributed by atoms with Gasteiger partial charge in [0.2, 0.25) is 0 Å². The van der Waals surface area contributed by atoms with Gasteiger partial charge >= 0.3 is 0 Å². The molecule has 0 radical (unpaired) electrons. The molecule has 0 aliphatic heterocycles. The third-order valence-electron chi connectivity index (χ3n) is 4.58. The number of rotatable bonds is 4. The van der Waals surface area contributed by atoms with E-state index in [1.165, 1.54) is 36.8 Å². The quantitative estimate of drug-likeness (QED) is 0.885. The molecule has 0 saturated heterocycles. The maximum Gasteiger partial charge on any atom is 0.122 e. The Hall–Kier alpha value is -1.02. The zero-order valence-corrected chi connectivity index (χ0v) is 11.2. The molecule has 2 saturated carbocycles. The van der Waals surface area contributed by atoms with Crippen LogP contribution in [0.5, 0.6) is 5.75 Å². The molecule has 1 aromatic carbocycles.